The highest BCUT2D eigenvalue weighted by atomic mass is 16.7. The van der Waals surface area contributed by atoms with E-state index in [4.69, 9.17) is 15.2 Å². The standard InChI is InChI=1S/C28H34N2O5/c1-30(17-26(33)23-3-2-4-24(32)13-23)16-25-14-27(21-9-7-20(18-31)8-10-21)35-28(34-25)22-11-5-19(15-29)6-12-22/h2-13,25-28,31-33H,14-18,29H2,1H3/t25-,26-,27+,28+/m1/s1. The highest BCUT2D eigenvalue weighted by Crippen LogP contribution is 2.38. The summed E-state index contributed by atoms with van der Waals surface area (Å²) >= 11 is 0. The van der Waals surface area contributed by atoms with Crippen molar-refractivity contribution in [3.63, 3.8) is 0 Å². The highest BCUT2D eigenvalue weighted by molar-refractivity contribution is 5.29. The zero-order valence-corrected chi connectivity index (χ0v) is 20.0. The zero-order chi connectivity index (χ0) is 24.8. The van der Waals surface area contributed by atoms with Gasteiger partial charge in [0, 0.05) is 31.6 Å². The van der Waals surface area contributed by atoms with Crippen LogP contribution in [0.3, 0.4) is 0 Å². The van der Waals surface area contributed by atoms with Gasteiger partial charge in [-0.05, 0) is 41.4 Å². The molecule has 0 saturated carbocycles. The van der Waals surface area contributed by atoms with Crippen LogP contribution in [0.15, 0.2) is 72.8 Å². The van der Waals surface area contributed by atoms with Crippen LogP contribution in [0.5, 0.6) is 5.75 Å². The minimum Gasteiger partial charge on any atom is -0.508 e. The summed E-state index contributed by atoms with van der Waals surface area (Å²) < 4.78 is 12.7. The van der Waals surface area contributed by atoms with Crippen LogP contribution in [-0.4, -0.2) is 46.5 Å². The number of ether oxygens (including phenoxy) is 2. The van der Waals surface area contributed by atoms with Crippen LogP contribution in [0.2, 0.25) is 0 Å². The number of benzene rings is 3. The van der Waals surface area contributed by atoms with Crippen molar-refractivity contribution in [2.24, 2.45) is 5.73 Å². The molecule has 0 bridgehead atoms. The molecule has 0 spiro atoms. The van der Waals surface area contributed by atoms with E-state index in [1.807, 2.05) is 60.5 Å². The minimum atomic E-state index is -0.728. The number of hydrogen-bond donors (Lipinski definition) is 4. The van der Waals surface area contributed by atoms with Crippen molar-refractivity contribution in [3.8, 4) is 5.75 Å². The third-order valence-electron chi connectivity index (χ3n) is 6.36. The largest absolute Gasteiger partial charge is 0.508 e. The first kappa shape index (κ1) is 25.3. The first-order chi connectivity index (χ1) is 16.9. The lowest BCUT2D eigenvalue weighted by atomic mass is 9.99. The van der Waals surface area contributed by atoms with E-state index < -0.39 is 12.4 Å². The fraction of sp³-hybridized carbons (Fsp3) is 0.357. The second kappa shape index (κ2) is 11.8. The Hall–Kier alpha value is -2.78. The highest BCUT2D eigenvalue weighted by Gasteiger charge is 2.33. The van der Waals surface area contributed by atoms with Crippen molar-refractivity contribution in [1.29, 1.82) is 0 Å². The van der Waals surface area contributed by atoms with Crippen molar-refractivity contribution in [3.05, 3.63) is 101 Å². The van der Waals surface area contributed by atoms with Gasteiger partial charge in [0.1, 0.15) is 5.75 Å². The molecule has 4 rings (SSSR count). The number of likely N-dealkylation sites (N-methyl/N-ethyl adjacent to an activating group) is 1. The van der Waals surface area contributed by atoms with Crippen LogP contribution in [0, 0.1) is 0 Å². The number of nitrogens with zero attached hydrogens (tertiary/aromatic N) is 1. The van der Waals surface area contributed by atoms with Gasteiger partial charge in [0.25, 0.3) is 0 Å². The topological polar surface area (TPSA) is 108 Å². The van der Waals surface area contributed by atoms with Gasteiger partial charge in [0.15, 0.2) is 6.29 Å². The Balaban J connectivity index is 1.48. The van der Waals surface area contributed by atoms with Crippen molar-refractivity contribution in [1.82, 2.24) is 4.90 Å². The molecule has 186 valence electrons. The lowest BCUT2D eigenvalue weighted by molar-refractivity contribution is -0.252. The minimum absolute atomic E-state index is 0.0000332. The van der Waals surface area contributed by atoms with Gasteiger partial charge < -0.3 is 35.4 Å². The van der Waals surface area contributed by atoms with Gasteiger partial charge >= 0.3 is 0 Å². The van der Waals surface area contributed by atoms with Gasteiger partial charge in [0.05, 0.1) is 24.9 Å². The Morgan fingerprint density at radius 3 is 2.31 bits per heavy atom. The Morgan fingerprint density at radius 1 is 0.971 bits per heavy atom. The molecule has 35 heavy (non-hydrogen) atoms. The number of phenols is 1. The normalized spacial score (nSPS) is 21.2. The molecule has 3 aromatic carbocycles. The Morgan fingerprint density at radius 2 is 1.66 bits per heavy atom. The average Bonchev–Trinajstić information content (AvgIpc) is 2.88. The molecule has 0 aliphatic carbocycles. The summed E-state index contributed by atoms with van der Waals surface area (Å²) in [5.74, 6) is 0.135. The number of rotatable bonds is 9. The SMILES string of the molecule is CN(C[C@H]1C[C@@H](c2ccc(CO)cc2)O[C@@H](c2ccc(CN)cc2)O1)C[C@@H](O)c1cccc(O)c1. The number of aliphatic hydroxyl groups is 2. The third-order valence-corrected chi connectivity index (χ3v) is 6.36. The Kier molecular flexibility index (Phi) is 8.51. The predicted molar refractivity (Wildman–Crippen MR) is 133 cm³/mol. The zero-order valence-electron chi connectivity index (χ0n) is 20.0. The number of nitrogens with two attached hydrogens (primary N) is 1. The number of aliphatic hydroxyl groups excluding tert-OH is 2. The van der Waals surface area contributed by atoms with Gasteiger partial charge in [-0.1, -0.05) is 60.7 Å². The average molecular weight is 479 g/mol. The van der Waals surface area contributed by atoms with Gasteiger partial charge in [-0.3, -0.25) is 0 Å². The van der Waals surface area contributed by atoms with E-state index in [0.29, 0.717) is 31.6 Å². The molecule has 3 aromatic rings. The lowest BCUT2D eigenvalue weighted by Gasteiger charge is -2.38. The molecule has 1 saturated heterocycles. The van der Waals surface area contributed by atoms with E-state index in [2.05, 4.69) is 0 Å². The molecular formula is C28H34N2O5. The smallest absolute Gasteiger partial charge is 0.184 e. The molecule has 4 atom stereocenters. The predicted octanol–water partition coefficient (Wildman–Crippen LogP) is 3.55. The van der Waals surface area contributed by atoms with Crippen LogP contribution >= 0.6 is 0 Å². The number of aromatic hydroxyl groups is 1. The molecule has 1 aliphatic rings. The summed E-state index contributed by atoms with van der Waals surface area (Å²) in [5.41, 5.74) is 10.3. The fourth-order valence-electron chi connectivity index (χ4n) is 4.40. The molecule has 0 radical (unpaired) electrons. The van der Waals surface area contributed by atoms with E-state index in [1.54, 1.807) is 24.3 Å². The summed E-state index contributed by atoms with van der Waals surface area (Å²) in [6.45, 7) is 1.47. The Labute approximate surface area is 206 Å². The van der Waals surface area contributed by atoms with Crippen molar-refractivity contribution < 1.29 is 24.8 Å². The van der Waals surface area contributed by atoms with Gasteiger partial charge in [-0.25, -0.2) is 0 Å². The molecular weight excluding hydrogens is 444 g/mol. The first-order valence-electron chi connectivity index (χ1n) is 11.9. The summed E-state index contributed by atoms with van der Waals surface area (Å²) in [4.78, 5) is 2.03. The summed E-state index contributed by atoms with van der Waals surface area (Å²) in [6.07, 6.45) is -0.916. The molecule has 7 nitrogen and oxygen atoms in total. The van der Waals surface area contributed by atoms with Crippen molar-refractivity contribution in [2.75, 3.05) is 20.1 Å². The maximum atomic E-state index is 10.7. The van der Waals surface area contributed by atoms with Gasteiger partial charge in [0.2, 0.25) is 0 Å². The van der Waals surface area contributed by atoms with E-state index in [0.717, 1.165) is 22.3 Å². The maximum Gasteiger partial charge on any atom is 0.184 e. The van der Waals surface area contributed by atoms with E-state index >= 15 is 0 Å². The van der Waals surface area contributed by atoms with E-state index in [9.17, 15) is 15.3 Å². The van der Waals surface area contributed by atoms with Crippen LogP contribution < -0.4 is 5.73 Å². The van der Waals surface area contributed by atoms with Gasteiger partial charge in [-0.15, -0.1) is 0 Å². The Bertz CT molecular complexity index is 1020. The quantitative estimate of drug-likeness (QED) is 0.372. The van der Waals surface area contributed by atoms with Crippen LogP contribution in [0.25, 0.3) is 0 Å². The van der Waals surface area contributed by atoms with Crippen LogP contribution in [0.1, 0.15) is 52.7 Å². The monoisotopic (exact) mass is 478 g/mol. The number of phenolic OH excluding ortho intramolecular Hbond substituents is 1. The fourth-order valence-corrected chi connectivity index (χ4v) is 4.40. The number of hydrogen-bond acceptors (Lipinski definition) is 7. The molecule has 0 aromatic heterocycles. The second-order valence-corrected chi connectivity index (χ2v) is 9.13. The summed E-state index contributed by atoms with van der Waals surface area (Å²) in [6, 6.07) is 22.4. The van der Waals surface area contributed by atoms with Crippen molar-refractivity contribution >= 4 is 0 Å². The molecule has 1 heterocycles. The van der Waals surface area contributed by atoms with Crippen LogP contribution in [0.4, 0.5) is 0 Å². The molecule has 0 unspecified atom stereocenters. The lowest BCUT2D eigenvalue weighted by Crippen LogP contribution is -2.39. The molecule has 1 aliphatic heterocycles. The summed E-state index contributed by atoms with van der Waals surface area (Å²) in [5, 5.41) is 29.8. The molecule has 7 heteroatoms. The molecule has 0 amide bonds. The third kappa shape index (κ3) is 6.67. The molecule has 5 N–H and O–H groups in total. The van der Waals surface area contributed by atoms with E-state index in [-0.39, 0.29) is 24.6 Å². The van der Waals surface area contributed by atoms with Crippen molar-refractivity contribution in [2.45, 2.75) is 44.2 Å². The first-order valence-corrected chi connectivity index (χ1v) is 11.9. The molecule has 1 fully saturated rings. The van der Waals surface area contributed by atoms with Gasteiger partial charge in [-0.2, -0.15) is 0 Å². The maximum absolute atomic E-state index is 10.7. The van der Waals surface area contributed by atoms with Crippen LogP contribution in [-0.2, 0) is 22.6 Å². The second-order valence-electron chi connectivity index (χ2n) is 9.13. The summed E-state index contributed by atoms with van der Waals surface area (Å²) in [7, 11) is 1.95. The van der Waals surface area contributed by atoms with E-state index in [1.165, 1.54) is 0 Å².